The number of aromatic nitrogens is 2. The zero-order chi connectivity index (χ0) is 14.8. The Labute approximate surface area is 117 Å². The van der Waals surface area contributed by atoms with Crippen LogP contribution in [-0.2, 0) is 16.3 Å². The first-order valence-corrected chi connectivity index (χ1v) is 8.18. The summed E-state index contributed by atoms with van der Waals surface area (Å²) >= 11 is 0. The van der Waals surface area contributed by atoms with Crippen LogP contribution in [0.2, 0.25) is 0 Å². The van der Waals surface area contributed by atoms with Crippen molar-refractivity contribution in [3.8, 4) is 11.5 Å². The van der Waals surface area contributed by atoms with Gasteiger partial charge in [0.2, 0.25) is 0 Å². The lowest BCUT2D eigenvalue weighted by molar-refractivity contribution is 0.419. The summed E-state index contributed by atoms with van der Waals surface area (Å²) in [5.41, 5.74) is 6.41. The van der Waals surface area contributed by atoms with Gasteiger partial charge in [-0.1, -0.05) is 18.1 Å². The average Bonchev–Trinajstić information content (AvgIpc) is 2.86. The first-order chi connectivity index (χ1) is 9.40. The predicted octanol–water partition coefficient (Wildman–Crippen LogP) is 1.42. The standard InChI is InChI=1S/C13H17N3O3S/c1-3-10(14)8-12-15-13(19-16-12)9-5-4-6-11(7-9)20(2,17)18/h4-7,10H,3,8,14H2,1-2H3. The Balaban J connectivity index is 2.29. The highest BCUT2D eigenvalue weighted by molar-refractivity contribution is 7.90. The van der Waals surface area contributed by atoms with Gasteiger partial charge in [-0.05, 0) is 24.6 Å². The number of nitrogens with two attached hydrogens (primary N) is 1. The smallest absolute Gasteiger partial charge is 0.257 e. The van der Waals surface area contributed by atoms with Crippen LogP contribution in [0.5, 0.6) is 0 Å². The molecule has 0 aliphatic rings. The lowest BCUT2D eigenvalue weighted by Crippen LogP contribution is -2.21. The number of nitrogens with zero attached hydrogens (tertiary/aromatic N) is 2. The molecule has 1 unspecified atom stereocenters. The molecule has 1 heterocycles. The van der Waals surface area contributed by atoms with Crippen LogP contribution < -0.4 is 5.73 Å². The third-order valence-corrected chi connectivity index (χ3v) is 4.06. The SMILES string of the molecule is CCC(N)Cc1noc(-c2cccc(S(C)(=O)=O)c2)n1. The Kier molecular flexibility index (Phi) is 4.20. The molecule has 0 bridgehead atoms. The largest absolute Gasteiger partial charge is 0.334 e. The molecule has 2 N–H and O–H groups in total. The topological polar surface area (TPSA) is 99.1 Å². The Morgan fingerprint density at radius 3 is 2.80 bits per heavy atom. The quantitative estimate of drug-likeness (QED) is 0.895. The second-order valence-electron chi connectivity index (χ2n) is 4.69. The molecule has 0 spiro atoms. The van der Waals surface area contributed by atoms with Crippen molar-refractivity contribution < 1.29 is 12.9 Å². The average molecular weight is 295 g/mol. The molecule has 6 nitrogen and oxygen atoms in total. The normalized spacial score (nSPS) is 13.3. The molecule has 0 saturated carbocycles. The lowest BCUT2D eigenvalue weighted by Gasteiger charge is -2.02. The highest BCUT2D eigenvalue weighted by Crippen LogP contribution is 2.21. The third-order valence-electron chi connectivity index (χ3n) is 2.95. The fraction of sp³-hybridized carbons (Fsp3) is 0.385. The van der Waals surface area contributed by atoms with Gasteiger partial charge in [-0.3, -0.25) is 0 Å². The number of hydrogen-bond donors (Lipinski definition) is 1. The van der Waals surface area contributed by atoms with E-state index in [4.69, 9.17) is 10.3 Å². The van der Waals surface area contributed by atoms with Gasteiger partial charge in [0.1, 0.15) is 0 Å². The Morgan fingerprint density at radius 2 is 2.15 bits per heavy atom. The molecule has 108 valence electrons. The highest BCUT2D eigenvalue weighted by Gasteiger charge is 2.14. The molecule has 20 heavy (non-hydrogen) atoms. The maximum atomic E-state index is 11.5. The molecule has 0 radical (unpaired) electrons. The summed E-state index contributed by atoms with van der Waals surface area (Å²) in [5, 5.41) is 3.86. The molecular weight excluding hydrogens is 278 g/mol. The van der Waals surface area contributed by atoms with Gasteiger partial charge in [0.05, 0.1) is 4.90 Å². The van der Waals surface area contributed by atoms with Crippen LogP contribution in [-0.4, -0.2) is 30.9 Å². The van der Waals surface area contributed by atoms with Gasteiger partial charge in [-0.25, -0.2) is 8.42 Å². The lowest BCUT2D eigenvalue weighted by atomic mass is 10.1. The van der Waals surface area contributed by atoms with Crippen molar-refractivity contribution in [2.75, 3.05) is 6.26 Å². The second kappa shape index (κ2) is 5.72. The number of rotatable bonds is 5. The summed E-state index contributed by atoms with van der Waals surface area (Å²) in [6.45, 7) is 1.99. The van der Waals surface area contributed by atoms with E-state index in [-0.39, 0.29) is 10.9 Å². The van der Waals surface area contributed by atoms with Gasteiger partial charge >= 0.3 is 0 Å². The van der Waals surface area contributed by atoms with E-state index in [0.717, 1.165) is 12.7 Å². The molecule has 0 saturated heterocycles. The van der Waals surface area contributed by atoms with Crippen LogP contribution in [0.3, 0.4) is 0 Å². The van der Waals surface area contributed by atoms with E-state index in [1.165, 1.54) is 12.1 Å². The molecule has 7 heteroatoms. The Morgan fingerprint density at radius 1 is 1.40 bits per heavy atom. The van der Waals surface area contributed by atoms with Crippen LogP contribution in [0.15, 0.2) is 33.7 Å². The molecular formula is C13H17N3O3S. The van der Waals surface area contributed by atoms with Crippen molar-refractivity contribution in [1.82, 2.24) is 10.1 Å². The molecule has 0 fully saturated rings. The van der Waals surface area contributed by atoms with E-state index < -0.39 is 9.84 Å². The summed E-state index contributed by atoms with van der Waals surface area (Å²) in [7, 11) is -3.26. The first-order valence-electron chi connectivity index (χ1n) is 6.29. The minimum Gasteiger partial charge on any atom is -0.334 e. The van der Waals surface area contributed by atoms with E-state index in [1.807, 2.05) is 6.92 Å². The van der Waals surface area contributed by atoms with Crippen molar-refractivity contribution in [3.63, 3.8) is 0 Å². The molecule has 2 rings (SSSR count). The minimum absolute atomic E-state index is 0.0113. The van der Waals surface area contributed by atoms with Gasteiger partial charge < -0.3 is 10.3 Å². The molecule has 1 aromatic heterocycles. The maximum Gasteiger partial charge on any atom is 0.257 e. The molecule has 0 aliphatic heterocycles. The number of hydrogen-bond acceptors (Lipinski definition) is 6. The summed E-state index contributed by atoms with van der Waals surface area (Å²) < 4.78 is 28.2. The Hall–Kier alpha value is -1.73. The predicted molar refractivity (Wildman–Crippen MR) is 74.8 cm³/mol. The third kappa shape index (κ3) is 3.43. The van der Waals surface area contributed by atoms with Crippen molar-refractivity contribution in [2.45, 2.75) is 30.7 Å². The second-order valence-corrected chi connectivity index (χ2v) is 6.70. The monoisotopic (exact) mass is 295 g/mol. The first kappa shape index (κ1) is 14.7. The number of sulfone groups is 1. The van der Waals surface area contributed by atoms with Crippen molar-refractivity contribution in [3.05, 3.63) is 30.1 Å². The van der Waals surface area contributed by atoms with E-state index in [1.54, 1.807) is 12.1 Å². The fourth-order valence-electron chi connectivity index (χ4n) is 1.69. The van der Waals surface area contributed by atoms with Crippen LogP contribution in [0.1, 0.15) is 19.2 Å². The number of benzene rings is 1. The molecule has 0 aliphatic carbocycles. The summed E-state index contributed by atoms with van der Waals surface area (Å²) in [4.78, 5) is 4.46. The zero-order valence-corrected chi connectivity index (χ0v) is 12.2. The van der Waals surface area contributed by atoms with Crippen molar-refractivity contribution >= 4 is 9.84 Å². The highest BCUT2D eigenvalue weighted by atomic mass is 32.2. The Bertz CT molecular complexity index is 694. The van der Waals surface area contributed by atoms with E-state index in [9.17, 15) is 8.42 Å². The van der Waals surface area contributed by atoms with Crippen molar-refractivity contribution in [1.29, 1.82) is 0 Å². The van der Waals surface area contributed by atoms with Crippen LogP contribution in [0.4, 0.5) is 0 Å². The van der Waals surface area contributed by atoms with Gasteiger partial charge in [0, 0.05) is 24.3 Å². The summed E-state index contributed by atoms with van der Waals surface area (Å²) in [5.74, 6) is 0.827. The fourth-order valence-corrected chi connectivity index (χ4v) is 2.36. The molecule has 1 aromatic carbocycles. The van der Waals surface area contributed by atoms with E-state index >= 15 is 0 Å². The van der Waals surface area contributed by atoms with E-state index in [2.05, 4.69) is 10.1 Å². The maximum absolute atomic E-state index is 11.5. The van der Waals surface area contributed by atoms with Gasteiger partial charge in [0.15, 0.2) is 15.7 Å². The van der Waals surface area contributed by atoms with E-state index in [0.29, 0.717) is 23.7 Å². The molecule has 0 amide bonds. The van der Waals surface area contributed by atoms with Gasteiger partial charge in [-0.15, -0.1) is 0 Å². The molecule has 2 aromatic rings. The zero-order valence-electron chi connectivity index (χ0n) is 11.4. The molecule has 1 atom stereocenters. The van der Waals surface area contributed by atoms with Crippen molar-refractivity contribution in [2.24, 2.45) is 5.73 Å². The van der Waals surface area contributed by atoms with Crippen LogP contribution >= 0.6 is 0 Å². The van der Waals surface area contributed by atoms with Crippen LogP contribution in [0.25, 0.3) is 11.5 Å². The summed E-state index contributed by atoms with van der Waals surface area (Å²) in [6.07, 6.45) is 2.52. The summed E-state index contributed by atoms with van der Waals surface area (Å²) in [6, 6.07) is 6.41. The van der Waals surface area contributed by atoms with Gasteiger partial charge in [0.25, 0.3) is 5.89 Å². The van der Waals surface area contributed by atoms with Gasteiger partial charge in [-0.2, -0.15) is 4.98 Å². The van der Waals surface area contributed by atoms with Crippen LogP contribution in [0, 0.1) is 0 Å². The minimum atomic E-state index is -3.26.